The van der Waals surface area contributed by atoms with Crippen molar-refractivity contribution in [2.45, 2.75) is 0 Å². The molecule has 0 bridgehead atoms. The smallest absolute Gasteiger partial charge is 0.251 e. The number of carbonyl (C=O) groups excluding carboxylic acids is 2. The Morgan fingerprint density at radius 2 is 1.94 bits per heavy atom. The minimum atomic E-state index is -0.416. The van der Waals surface area contributed by atoms with Crippen LogP contribution in [0.1, 0.15) is 20.8 Å². The molecule has 0 saturated heterocycles. The summed E-state index contributed by atoms with van der Waals surface area (Å²) >= 11 is 1.29. The average molecular weight is 453 g/mol. The summed E-state index contributed by atoms with van der Waals surface area (Å²) in [6.07, 6.45) is 1.46. The van der Waals surface area contributed by atoms with Gasteiger partial charge in [0.05, 0.1) is 31.7 Å². The minimum Gasteiger partial charge on any atom is -0.493 e. The third kappa shape index (κ3) is 3.82. The number of hydrogen-bond donors (Lipinski definition) is 1. The van der Waals surface area contributed by atoms with E-state index in [0.29, 0.717) is 33.3 Å². The van der Waals surface area contributed by atoms with Gasteiger partial charge in [-0.1, -0.05) is 12.1 Å². The molecule has 1 amide bonds. The van der Waals surface area contributed by atoms with Gasteiger partial charge in [0, 0.05) is 28.9 Å². The predicted molar refractivity (Wildman–Crippen MR) is 120 cm³/mol. The van der Waals surface area contributed by atoms with Crippen molar-refractivity contribution >= 4 is 33.1 Å². The van der Waals surface area contributed by atoms with Gasteiger partial charge in [0.15, 0.2) is 17.3 Å². The molecular weight excluding hydrogens is 433 g/mol. The number of ether oxygens (including phenoxy) is 2. The quantitative estimate of drug-likeness (QED) is 0.427. The van der Waals surface area contributed by atoms with Gasteiger partial charge in [0.1, 0.15) is 17.3 Å². The number of thiophene rings is 1. The van der Waals surface area contributed by atoms with Crippen molar-refractivity contribution in [2.24, 2.45) is 7.05 Å². The van der Waals surface area contributed by atoms with Crippen LogP contribution < -0.4 is 14.8 Å². The van der Waals surface area contributed by atoms with Gasteiger partial charge in [0.25, 0.3) is 5.91 Å². The molecule has 0 aliphatic heterocycles. The fraction of sp³-hybridized carbons (Fsp3) is 0.174. The van der Waals surface area contributed by atoms with E-state index in [4.69, 9.17) is 9.47 Å². The highest BCUT2D eigenvalue weighted by molar-refractivity contribution is 7.17. The summed E-state index contributed by atoms with van der Waals surface area (Å²) in [7, 11) is 4.70. The van der Waals surface area contributed by atoms with E-state index >= 15 is 0 Å². The Hall–Kier alpha value is -3.72. The van der Waals surface area contributed by atoms with Crippen molar-refractivity contribution in [3.05, 3.63) is 65.0 Å². The van der Waals surface area contributed by atoms with Crippen LogP contribution in [-0.2, 0) is 7.05 Å². The fourth-order valence-corrected chi connectivity index (χ4v) is 4.40. The van der Waals surface area contributed by atoms with E-state index in [2.05, 4.69) is 10.3 Å². The lowest BCUT2D eigenvalue weighted by molar-refractivity contribution is 0.0900. The van der Waals surface area contributed by atoms with Gasteiger partial charge < -0.3 is 19.4 Å². The van der Waals surface area contributed by atoms with Crippen molar-refractivity contribution < 1.29 is 23.5 Å². The maximum Gasteiger partial charge on any atom is 0.251 e. The number of aromatic nitrogens is 2. The number of nitrogens with one attached hydrogen (secondary N) is 1. The van der Waals surface area contributed by atoms with Crippen LogP contribution in [0.25, 0.3) is 21.5 Å². The molecule has 2 aromatic carbocycles. The predicted octanol–water partition coefficient (Wildman–Crippen LogP) is 4.07. The summed E-state index contributed by atoms with van der Waals surface area (Å²) in [6.45, 7) is -0.203. The molecule has 0 aliphatic carbocycles. The van der Waals surface area contributed by atoms with Gasteiger partial charge in [-0.15, -0.1) is 11.3 Å². The van der Waals surface area contributed by atoms with E-state index < -0.39 is 5.91 Å². The molecule has 2 aromatic heterocycles. The summed E-state index contributed by atoms with van der Waals surface area (Å²) in [5.74, 6) is 0.468. The summed E-state index contributed by atoms with van der Waals surface area (Å²) < 4.78 is 26.6. The first-order valence-electron chi connectivity index (χ1n) is 9.65. The number of fused-ring (bicyclic) bond motifs is 1. The van der Waals surface area contributed by atoms with Crippen molar-refractivity contribution in [2.75, 3.05) is 20.8 Å². The molecule has 4 aromatic rings. The van der Waals surface area contributed by atoms with E-state index in [9.17, 15) is 14.0 Å². The monoisotopic (exact) mass is 453 g/mol. The minimum absolute atomic E-state index is 0.203. The lowest BCUT2D eigenvalue weighted by Gasteiger charge is -2.10. The van der Waals surface area contributed by atoms with Gasteiger partial charge in [-0.3, -0.25) is 9.59 Å². The van der Waals surface area contributed by atoms with Crippen molar-refractivity contribution in [3.63, 3.8) is 0 Å². The van der Waals surface area contributed by atoms with Crippen molar-refractivity contribution in [1.82, 2.24) is 14.9 Å². The van der Waals surface area contributed by atoms with Crippen LogP contribution >= 0.6 is 11.3 Å². The molecule has 0 atom stereocenters. The molecule has 2 heterocycles. The van der Waals surface area contributed by atoms with E-state index in [-0.39, 0.29) is 18.1 Å². The van der Waals surface area contributed by atoms with Crippen LogP contribution in [0.2, 0.25) is 0 Å². The Labute approximate surface area is 187 Å². The first-order chi connectivity index (χ1) is 15.4. The molecule has 32 heavy (non-hydrogen) atoms. The molecule has 0 spiro atoms. The van der Waals surface area contributed by atoms with Crippen molar-refractivity contribution in [3.8, 4) is 22.9 Å². The Balaban J connectivity index is 1.51. The first kappa shape index (κ1) is 21.5. The number of Topliss-reactive ketones (excluding diaryl/α,β-unsaturated/α-hetero) is 1. The molecular formula is C23H20FN3O4S. The highest BCUT2D eigenvalue weighted by atomic mass is 32.1. The van der Waals surface area contributed by atoms with Gasteiger partial charge in [0.2, 0.25) is 0 Å². The van der Waals surface area contributed by atoms with Crippen LogP contribution in [0, 0.1) is 5.82 Å². The molecule has 7 nitrogen and oxygen atoms in total. The lowest BCUT2D eigenvalue weighted by atomic mass is 10.1. The second kappa shape index (κ2) is 8.80. The molecule has 164 valence electrons. The number of benzene rings is 2. The van der Waals surface area contributed by atoms with Gasteiger partial charge in [-0.2, -0.15) is 0 Å². The zero-order chi connectivity index (χ0) is 22.8. The summed E-state index contributed by atoms with van der Waals surface area (Å²) in [6, 6.07) is 9.64. The fourth-order valence-electron chi connectivity index (χ4n) is 3.44. The summed E-state index contributed by atoms with van der Waals surface area (Å²) in [4.78, 5) is 29.6. The first-order valence-corrected chi connectivity index (χ1v) is 10.5. The van der Waals surface area contributed by atoms with Crippen molar-refractivity contribution in [1.29, 1.82) is 0 Å². The SMILES string of the molecule is COc1ccc(C(=O)NCC(=O)c2cnc(-c3csc4c(F)cccc34)n2C)cc1OC. The number of carbonyl (C=O) groups is 2. The summed E-state index contributed by atoms with van der Waals surface area (Å²) in [5.41, 5.74) is 1.43. The van der Waals surface area contributed by atoms with Crippen LogP contribution in [0.4, 0.5) is 4.39 Å². The summed E-state index contributed by atoms with van der Waals surface area (Å²) in [5, 5.41) is 5.18. The molecule has 0 fully saturated rings. The maximum atomic E-state index is 14.0. The van der Waals surface area contributed by atoms with Crippen LogP contribution in [-0.4, -0.2) is 42.0 Å². The van der Waals surface area contributed by atoms with E-state index in [1.165, 1.54) is 37.8 Å². The Kier molecular flexibility index (Phi) is 5.91. The zero-order valence-corrected chi connectivity index (χ0v) is 18.5. The Bertz CT molecular complexity index is 1330. The highest BCUT2D eigenvalue weighted by Crippen LogP contribution is 2.34. The Morgan fingerprint density at radius 3 is 2.69 bits per heavy atom. The second-order valence-electron chi connectivity index (χ2n) is 6.97. The van der Waals surface area contributed by atoms with Crippen LogP contribution in [0.15, 0.2) is 48.0 Å². The third-order valence-electron chi connectivity index (χ3n) is 5.12. The molecule has 0 unspecified atom stereocenters. The van der Waals surface area contributed by atoms with E-state index in [0.717, 1.165) is 10.9 Å². The molecule has 4 rings (SSSR count). The zero-order valence-electron chi connectivity index (χ0n) is 17.6. The molecule has 0 saturated carbocycles. The van der Waals surface area contributed by atoms with Gasteiger partial charge in [-0.05, 0) is 24.3 Å². The molecule has 0 radical (unpaired) electrons. The van der Waals surface area contributed by atoms with E-state index in [1.54, 1.807) is 35.9 Å². The number of imidazole rings is 1. The number of halogens is 1. The molecule has 0 aliphatic rings. The lowest BCUT2D eigenvalue weighted by Crippen LogP contribution is -2.30. The third-order valence-corrected chi connectivity index (χ3v) is 6.13. The van der Waals surface area contributed by atoms with Gasteiger partial charge >= 0.3 is 0 Å². The standard InChI is InChI=1S/C23H20FN3O4S/c1-27-17(10-25-22(27)15-12-32-21-14(15)5-4-6-16(21)24)18(28)11-26-23(29)13-7-8-19(30-2)20(9-13)31-3/h4-10,12H,11H2,1-3H3,(H,26,29). The number of ketones is 1. The van der Waals surface area contributed by atoms with Crippen LogP contribution in [0.5, 0.6) is 11.5 Å². The molecule has 9 heteroatoms. The largest absolute Gasteiger partial charge is 0.493 e. The molecule has 1 N–H and O–H groups in total. The Morgan fingerprint density at radius 1 is 1.16 bits per heavy atom. The number of methoxy groups -OCH3 is 2. The van der Waals surface area contributed by atoms with Gasteiger partial charge in [-0.25, -0.2) is 9.37 Å². The number of rotatable bonds is 7. The topological polar surface area (TPSA) is 82.5 Å². The number of hydrogen-bond acceptors (Lipinski definition) is 6. The number of nitrogens with zero attached hydrogens (tertiary/aromatic N) is 2. The van der Waals surface area contributed by atoms with E-state index in [1.807, 2.05) is 11.4 Å². The second-order valence-corrected chi connectivity index (χ2v) is 7.85. The normalized spacial score (nSPS) is 10.9. The highest BCUT2D eigenvalue weighted by Gasteiger charge is 2.19. The average Bonchev–Trinajstić information content (AvgIpc) is 3.40. The van der Waals surface area contributed by atoms with Crippen LogP contribution in [0.3, 0.4) is 0 Å². The number of amides is 1. The maximum absolute atomic E-state index is 14.0.